The number of carbonyl (C=O) groups is 2. The summed E-state index contributed by atoms with van der Waals surface area (Å²) in [4.78, 5) is 26.0. The van der Waals surface area contributed by atoms with Crippen molar-refractivity contribution < 1.29 is 9.59 Å². The number of piperazine rings is 1. The molecule has 1 aromatic rings. The van der Waals surface area contributed by atoms with Gasteiger partial charge in [0, 0.05) is 4.47 Å². The summed E-state index contributed by atoms with van der Waals surface area (Å²) in [5, 5.41) is 2.77. The van der Waals surface area contributed by atoms with Crippen molar-refractivity contribution in [1.29, 1.82) is 0 Å². The average Bonchev–Trinajstić information content (AvgIpc) is 2.41. The van der Waals surface area contributed by atoms with Crippen LogP contribution in [0.2, 0.25) is 0 Å². The van der Waals surface area contributed by atoms with Crippen LogP contribution in [0.15, 0.2) is 28.7 Å². The number of nitrogens with one attached hydrogen (secondary N) is 1. The lowest BCUT2D eigenvalue weighted by Gasteiger charge is -2.38. The van der Waals surface area contributed by atoms with Crippen LogP contribution in [0, 0.1) is 5.92 Å². The monoisotopic (exact) mass is 338 g/mol. The largest absolute Gasteiger partial charge is 0.343 e. The van der Waals surface area contributed by atoms with Crippen molar-refractivity contribution in [3.63, 3.8) is 0 Å². The van der Waals surface area contributed by atoms with Crippen LogP contribution in [0.1, 0.15) is 32.4 Å². The molecule has 0 radical (unpaired) electrons. The molecule has 0 bridgehead atoms. The molecule has 0 spiro atoms. The maximum absolute atomic E-state index is 12.5. The van der Waals surface area contributed by atoms with Crippen LogP contribution < -0.4 is 5.32 Å². The molecule has 2 rings (SSSR count). The second-order valence-corrected chi connectivity index (χ2v) is 6.40. The van der Waals surface area contributed by atoms with Crippen LogP contribution >= 0.6 is 15.9 Å². The van der Waals surface area contributed by atoms with Gasteiger partial charge in [-0.15, -0.1) is 0 Å². The Kier molecular flexibility index (Phi) is 4.48. The molecule has 2 atom stereocenters. The average molecular weight is 339 g/mol. The fraction of sp³-hybridized carbons (Fsp3) is 0.467. The number of rotatable bonds is 3. The van der Waals surface area contributed by atoms with Crippen LogP contribution in [0.25, 0.3) is 0 Å². The van der Waals surface area contributed by atoms with Crippen LogP contribution in [0.4, 0.5) is 0 Å². The molecular formula is C15H19BrN2O2. The Bertz CT molecular complexity index is 513. The van der Waals surface area contributed by atoms with Gasteiger partial charge in [-0.2, -0.15) is 0 Å². The van der Waals surface area contributed by atoms with Crippen molar-refractivity contribution in [3.05, 3.63) is 34.3 Å². The molecule has 5 heteroatoms. The third-order valence-corrected chi connectivity index (χ3v) is 4.19. The van der Waals surface area contributed by atoms with Crippen LogP contribution in [-0.4, -0.2) is 29.3 Å². The van der Waals surface area contributed by atoms with E-state index < -0.39 is 6.04 Å². The van der Waals surface area contributed by atoms with E-state index in [1.54, 1.807) is 4.90 Å². The zero-order chi connectivity index (χ0) is 14.9. The summed E-state index contributed by atoms with van der Waals surface area (Å²) >= 11 is 3.40. The van der Waals surface area contributed by atoms with Crippen molar-refractivity contribution in [1.82, 2.24) is 10.2 Å². The Morgan fingerprint density at radius 2 is 1.80 bits per heavy atom. The number of amides is 2. The van der Waals surface area contributed by atoms with E-state index >= 15 is 0 Å². The molecule has 1 heterocycles. The zero-order valence-electron chi connectivity index (χ0n) is 11.9. The molecule has 20 heavy (non-hydrogen) atoms. The van der Waals surface area contributed by atoms with Gasteiger partial charge in [0.1, 0.15) is 12.6 Å². The summed E-state index contributed by atoms with van der Waals surface area (Å²) in [6.07, 6.45) is 0. The predicted octanol–water partition coefficient (Wildman–Crippen LogP) is 2.49. The number of halogens is 1. The highest BCUT2D eigenvalue weighted by molar-refractivity contribution is 9.10. The second-order valence-electron chi connectivity index (χ2n) is 5.48. The Labute approximate surface area is 127 Å². The molecule has 0 aromatic heterocycles. The molecule has 1 N–H and O–H groups in total. The van der Waals surface area contributed by atoms with Gasteiger partial charge in [0.05, 0.1) is 6.04 Å². The molecule has 0 saturated carbocycles. The van der Waals surface area contributed by atoms with Crippen molar-refractivity contribution >= 4 is 27.7 Å². The summed E-state index contributed by atoms with van der Waals surface area (Å²) in [6, 6.07) is 7.30. The van der Waals surface area contributed by atoms with E-state index in [1.165, 1.54) is 0 Å². The fourth-order valence-corrected chi connectivity index (χ4v) is 2.66. The number of benzene rings is 1. The Morgan fingerprint density at radius 3 is 2.35 bits per heavy atom. The lowest BCUT2D eigenvalue weighted by atomic mass is 9.98. The Balaban J connectivity index is 2.23. The second kappa shape index (κ2) is 5.95. The van der Waals surface area contributed by atoms with E-state index in [-0.39, 0.29) is 30.3 Å². The smallest absolute Gasteiger partial charge is 0.246 e. The summed E-state index contributed by atoms with van der Waals surface area (Å²) in [6.45, 7) is 5.96. The summed E-state index contributed by atoms with van der Waals surface area (Å²) in [7, 11) is 0. The van der Waals surface area contributed by atoms with E-state index in [4.69, 9.17) is 0 Å². The van der Waals surface area contributed by atoms with E-state index in [0.29, 0.717) is 0 Å². The van der Waals surface area contributed by atoms with E-state index in [1.807, 2.05) is 45.0 Å². The number of hydrogen-bond donors (Lipinski definition) is 1. The lowest BCUT2D eigenvalue weighted by Crippen LogP contribution is -2.60. The first-order valence-electron chi connectivity index (χ1n) is 6.75. The Hall–Kier alpha value is -1.36. The quantitative estimate of drug-likeness (QED) is 0.920. The van der Waals surface area contributed by atoms with Gasteiger partial charge in [0.2, 0.25) is 11.8 Å². The maximum atomic E-state index is 12.5. The molecule has 2 unspecified atom stereocenters. The van der Waals surface area contributed by atoms with Gasteiger partial charge in [0.15, 0.2) is 0 Å². The minimum Gasteiger partial charge on any atom is -0.343 e. The molecule has 2 amide bonds. The van der Waals surface area contributed by atoms with Crippen LogP contribution in [0.5, 0.6) is 0 Å². The fourth-order valence-electron chi connectivity index (χ4n) is 2.39. The van der Waals surface area contributed by atoms with Crippen LogP contribution in [-0.2, 0) is 9.59 Å². The molecule has 4 nitrogen and oxygen atoms in total. The van der Waals surface area contributed by atoms with Gasteiger partial charge >= 0.3 is 0 Å². The minimum absolute atomic E-state index is 0.00461. The highest BCUT2D eigenvalue weighted by Crippen LogP contribution is 2.25. The topological polar surface area (TPSA) is 49.4 Å². The SMILES string of the molecule is CC(C)C1NC(=O)CN(C(C)c2ccc(Br)cc2)C1=O. The summed E-state index contributed by atoms with van der Waals surface area (Å²) in [5.41, 5.74) is 1.03. The number of carbonyl (C=O) groups excluding carboxylic acids is 2. The first-order valence-corrected chi connectivity index (χ1v) is 7.54. The highest BCUT2D eigenvalue weighted by Gasteiger charge is 2.36. The minimum atomic E-state index is -0.422. The predicted molar refractivity (Wildman–Crippen MR) is 81.0 cm³/mol. The van der Waals surface area contributed by atoms with Gasteiger partial charge in [-0.25, -0.2) is 0 Å². The maximum Gasteiger partial charge on any atom is 0.246 e. The highest BCUT2D eigenvalue weighted by atomic mass is 79.9. The normalized spacial score (nSPS) is 21.1. The van der Waals surface area contributed by atoms with E-state index in [9.17, 15) is 9.59 Å². The Morgan fingerprint density at radius 1 is 1.20 bits per heavy atom. The molecule has 1 fully saturated rings. The third-order valence-electron chi connectivity index (χ3n) is 3.67. The molecule has 1 aliphatic heterocycles. The number of nitrogens with zero attached hydrogens (tertiary/aromatic N) is 1. The van der Waals surface area contributed by atoms with E-state index in [2.05, 4.69) is 21.2 Å². The first kappa shape index (κ1) is 15.0. The van der Waals surface area contributed by atoms with Crippen molar-refractivity contribution in [2.75, 3.05) is 6.54 Å². The number of hydrogen-bond acceptors (Lipinski definition) is 2. The molecular weight excluding hydrogens is 320 g/mol. The van der Waals surface area contributed by atoms with Gasteiger partial charge in [-0.05, 0) is 30.5 Å². The van der Waals surface area contributed by atoms with Crippen molar-refractivity contribution in [3.8, 4) is 0 Å². The molecule has 1 aliphatic rings. The lowest BCUT2D eigenvalue weighted by molar-refractivity contribution is -0.147. The molecule has 0 aliphatic carbocycles. The molecule has 108 valence electrons. The van der Waals surface area contributed by atoms with Gasteiger partial charge in [-0.1, -0.05) is 41.9 Å². The zero-order valence-corrected chi connectivity index (χ0v) is 13.5. The van der Waals surface area contributed by atoms with Gasteiger partial charge < -0.3 is 10.2 Å². The van der Waals surface area contributed by atoms with Crippen molar-refractivity contribution in [2.45, 2.75) is 32.9 Å². The van der Waals surface area contributed by atoms with Crippen molar-refractivity contribution in [2.24, 2.45) is 5.92 Å². The first-order chi connectivity index (χ1) is 9.40. The van der Waals surface area contributed by atoms with E-state index in [0.717, 1.165) is 10.0 Å². The summed E-state index contributed by atoms with van der Waals surface area (Å²) in [5.74, 6) is -0.00588. The van der Waals surface area contributed by atoms with Crippen LogP contribution in [0.3, 0.4) is 0 Å². The standard InChI is InChI=1S/C15H19BrN2O2/c1-9(2)14-15(20)18(8-13(19)17-14)10(3)11-4-6-12(16)7-5-11/h4-7,9-10,14H,8H2,1-3H3,(H,17,19). The van der Waals surface area contributed by atoms with Gasteiger partial charge in [0.25, 0.3) is 0 Å². The summed E-state index contributed by atoms with van der Waals surface area (Å²) < 4.78 is 0.997. The third kappa shape index (κ3) is 3.03. The van der Waals surface area contributed by atoms with Gasteiger partial charge in [-0.3, -0.25) is 9.59 Å². The molecule has 1 saturated heterocycles. The molecule has 1 aromatic carbocycles.